The van der Waals surface area contributed by atoms with Crippen molar-refractivity contribution in [3.05, 3.63) is 11.4 Å². The highest BCUT2D eigenvalue weighted by Gasteiger charge is 2.09. The lowest BCUT2D eigenvalue weighted by Gasteiger charge is -2.13. The van der Waals surface area contributed by atoms with Gasteiger partial charge in [-0.25, -0.2) is 9.97 Å². The number of rotatable bonds is 10. The summed E-state index contributed by atoms with van der Waals surface area (Å²) in [5.41, 5.74) is 1.03. The molecule has 3 N–H and O–H groups in total. The van der Waals surface area contributed by atoms with E-state index in [9.17, 15) is 0 Å². The van der Waals surface area contributed by atoms with Crippen LogP contribution in [-0.4, -0.2) is 48.5 Å². The summed E-state index contributed by atoms with van der Waals surface area (Å²) >= 11 is 0. The van der Waals surface area contributed by atoms with Gasteiger partial charge in [-0.15, -0.1) is 0 Å². The molecular formula is C14H26N4O2. The van der Waals surface area contributed by atoms with Gasteiger partial charge in [-0.3, -0.25) is 0 Å². The van der Waals surface area contributed by atoms with Crippen LogP contribution < -0.4 is 10.6 Å². The van der Waals surface area contributed by atoms with Crippen molar-refractivity contribution in [1.82, 2.24) is 9.97 Å². The number of nitrogens with zero attached hydrogens (tertiary/aromatic N) is 2. The Balaban J connectivity index is 2.56. The number of ether oxygens (including phenoxy) is 1. The average Bonchev–Trinajstić information content (AvgIpc) is 2.45. The second-order valence-corrected chi connectivity index (χ2v) is 4.58. The fraction of sp³-hybridized carbons (Fsp3) is 0.714. The third kappa shape index (κ3) is 5.30. The number of hydrogen-bond donors (Lipinski definition) is 3. The minimum atomic E-state index is 0.0738. The fourth-order valence-electron chi connectivity index (χ4n) is 1.86. The van der Waals surface area contributed by atoms with E-state index in [1.165, 1.54) is 0 Å². The molecule has 0 spiro atoms. The molecule has 6 nitrogen and oxygen atoms in total. The third-order valence-corrected chi connectivity index (χ3v) is 2.90. The Hall–Kier alpha value is -1.40. The van der Waals surface area contributed by atoms with Gasteiger partial charge < -0.3 is 20.5 Å². The standard InChI is InChI=1S/C14H26N4O2/c1-4-6-12-17-13(15-3)11(2)14(18-12)16-7-5-9-20-10-8-19/h19H,4-10H2,1-3H3,(H2,15,16,17,18). The van der Waals surface area contributed by atoms with Gasteiger partial charge in [0, 0.05) is 32.2 Å². The first-order valence-corrected chi connectivity index (χ1v) is 7.20. The van der Waals surface area contributed by atoms with Crippen LogP contribution in [0.15, 0.2) is 0 Å². The Morgan fingerprint density at radius 1 is 1.20 bits per heavy atom. The SMILES string of the molecule is CCCc1nc(NC)c(C)c(NCCCOCCO)n1. The number of hydrogen-bond acceptors (Lipinski definition) is 6. The maximum Gasteiger partial charge on any atom is 0.134 e. The molecule has 0 saturated heterocycles. The summed E-state index contributed by atoms with van der Waals surface area (Å²) in [6.45, 7) is 6.03. The van der Waals surface area contributed by atoms with Crippen LogP contribution in [0.25, 0.3) is 0 Å². The minimum absolute atomic E-state index is 0.0738. The van der Waals surface area contributed by atoms with Gasteiger partial charge in [0.15, 0.2) is 0 Å². The normalized spacial score (nSPS) is 10.6. The molecule has 0 aromatic carbocycles. The molecular weight excluding hydrogens is 256 g/mol. The smallest absolute Gasteiger partial charge is 0.134 e. The first-order valence-electron chi connectivity index (χ1n) is 7.20. The molecule has 0 bridgehead atoms. The molecule has 0 atom stereocenters. The van der Waals surface area contributed by atoms with E-state index in [0.717, 1.165) is 48.8 Å². The summed E-state index contributed by atoms with van der Waals surface area (Å²) in [4.78, 5) is 9.06. The maximum atomic E-state index is 8.61. The second-order valence-electron chi connectivity index (χ2n) is 4.58. The molecule has 0 amide bonds. The predicted molar refractivity (Wildman–Crippen MR) is 81.3 cm³/mol. The van der Waals surface area contributed by atoms with Gasteiger partial charge in [-0.1, -0.05) is 6.92 Å². The topological polar surface area (TPSA) is 79.3 Å². The van der Waals surface area contributed by atoms with E-state index < -0.39 is 0 Å². The molecule has 0 saturated carbocycles. The zero-order valence-corrected chi connectivity index (χ0v) is 12.7. The van der Waals surface area contributed by atoms with Gasteiger partial charge in [-0.05, 0) is 19.8 Å². The van der Waals surface area contributed by atoms with E-state index in [1.54, 1.807) is 0 Å². The van der Waals surface area contributed by atoms with Gasteiger partial charge in [-0.2, -0.15) is 0 Å². The molecule has 1 aromatic rings. The van der Waals surface area contributed by atoms with Crippen molar-refractivity contribution in [3.63, 3.8) is 0 Å². The van der Waals surface area contributed by atoms with Gasteiger partial charge in [0.25, 0.3) is 0 Å². The number of anilines is 2. The molecule has 0 aliphatic heterocycles. The minimum Gasteiger partial charge on any atom is -0.394 e. The molecule has 1 aromatic heterocycles. The van der Waals surface area contributed by atoms with Crippen LogP contribution in [0.3, 0.4) is 0 Å². The van der Waals surface area contributed by atoms with Crippen LogP contribution in [0.1, 0.15) is 31.2 Å². The van der Waals surface area contributed by atoms with Crippen LogP contribution in [0.5, 0.6) is 0 Å². The third-order valence-electron chi connectivity index (χ3n) is 2.90. The summed E-state index contributed by atoms with van der Waals surface area (Å²) in [7, 11) is 1.87. The van der Waals surface area contributed by atoms with Crippen LogP contribution in [0.2, 0.25) is 0 Å². The van der Waals surface area contributed by atoms with E-state index in [2.05, 4.69) is 27.5 Å². The highest BCUT2D eigenvalue weighted by molar-refractivity contribution is 5.56. The Morgan fingerprint density at radius 2 is 1.95 bits per heavy atom. The van der Waals surface area contributed by atoms with Crippen molar-refractivity contribution < 1.29 is 9.84 Å². The van der Waals surface area contributed by atoms with Crippen molar-refractivity contribution in [2.45, 2.75) is 33.1 Å². The molecule has 114 valence electrons. The molecule has 20 heavy (non-hydrogen) atoms. The second kappa shape index (κ2) is 9.50. The van der Waals surface area contributed by atoms with Gasteiger partial charge in [0.05, 0.1) is 13.2 Å². The summed E-state index contributed by atoms with van der Waals surface area (Å²) in [5.74, 6) is 2.62. The zero-order valence-electron chi connectivity index (χ0n) is 12.7. The van der Waals surface area contributed by atoms with Crippen molar-refractivity contribution >= 4 is 11.6 Å². The molecule has 1 heterocycles. The summed E-state index contributed by atoms with van der Waals surface area (Å²) in [5, 5.41) is 15.1. The number of aromatic nitrogens is 2. The highest BCUT2D eigenvalue weighted by atomic mass is 16.5. The Kier molecular flexibility index (Phi) is 7.91. The zero-order chi connectivity index (χ0) is 14.8. The Bertz CT molecular complexity index is 399. The monoisotopic (exact) mass is 282 g/mol. The summed E-state index contributed by atoms with van der Waals surface area (Å²) in [6.07, 6.45) is 2.78. The van der Waals surface area contributed by atoms with Crippen LogP contribution >= 0.6 is 0 Å². The van der Waals surface area contributed by atoms with E-state index in [1.807, 2.05) is 14.0 Å². The Labute approximate surface area is 121 Å². The van der Waals surface area contributed by atoms with E-state index in [4.69, 9.17) is 9.84 Å². The average molecular weight is 282 g/mol. The van der Waals surface area contributed by atoms with E-state index in [-0.39, 0.29) is 6.61 Å². The number of aliphatic hydroxyl groups excluding tert-OH is 1. The molecule has 1 rings (SSSR count). The van der Waals surface area contributed by atoms with E-state index in [0.29, 0.717) is 13.2 Å². The number of aliphatic hydroxyl groups is 1. The molecule has 0 radical (unpaired) electrons. The first kappa shape index (κ1) is 16.7. The summed E-state index contributed by atoms with van der Waals surface area (Å²) < 4.78 is 5.22. The van der Waals surface area contributed by atoms with Crippen LogP contribution in [0, 0.1) is 6.92 Å². The van der Waals surface area contributed by atoms with Gasteiger partial charge >= 0.3 is 0 Å². The molecule has 6 heteroatoms. The molecule has 0 aliphatic rings. The highest BCUT2D eigenvalue weighted by Crippen LogP contribution is 2.20. The number of nitrogens with one attached hydrogen (secondary N) is 2. The summed E-state index contributed by atoms with van der Waals surface area (Å²) in [6, 6.07) is 0. The lowest BCUT2D eigenvalue weighted by atomic mass is 10.2. The fourth-order valence-corrected chi connectivity index (χ4v) is 1.86. The van der Waals surface area contributed by atoms with Gasteiger partial charge in [0.1, 0.15) is 17.5 Å². The van der Waals surface area contributed by atoms with Crippen molar-refractivity contribution in [2.24, 2.45) is 0 Å². The van der Waals surface area contributed by atoms with Crippen LogP contribution in [-0.2, 0) is 11.2 Å². The number of aryl methyl sites for hydroxylation is 1. The quantitative estimate of drug-likeness (QED) is 0.566. The predicted octanol–water partition coefficient (Wildman–Crippen LogP) is 1.59. The molecule has 0 unspecified atom stereocenters. The lowest BCUT2D eigenvalue weighted by molar-refractivity contribution is 0.0922. The Morgan fingerprint density at radius 3 is 2.60 bits per heavy atom. The van der Waals surface area contributed by atoms with Crippen LogP contribution in [0.4, 0.5) is 11.6 Å². The van der Waals surface area contributed by atoms with E-state index >= 15 is 0 Å². The van der Waals surface area contributed by atoms with Crippen molar-refractivity contribution in [1.29, 1.82) is 0 Å². The maximum absolute atomic E-state index is 8.61. The molecule has 0 aliphatic carbocycles. The largest absolute Gasteiger partial charge is 0.394 e. The van der Waals surface area contributed by atoms with Crippen molar-refractivity contribution in [3.8, 4) is 0 Å². The lowest BCUT2D eigenvalue weighted by Crippen LogP contribution is -2.12. The molecule has 0 fully saturated rings. The van der Waals surface area contributed by atoms with Crippen molar-refractivity contribution in [2.75, 3.05) is 44.0 Å². The van der Waals surface area contributed by atoms with Gasteiger partial charge in [0.2, 0.25) is 0 Å². The first-order chi connectivity index (χ1) is 9.72.